The number of aryl methyl sites for hydroxylation is 1. The molecule has 3 aromatic carbocycles. The molecule has 2 amide bonds. The molecule has 1 aliphatic heterocycles. The van der Waals surface area contributed by atoms with E-state index in [-0.39, 0.29) is 17.2 Å². The van der Waals surface area contributed by atoms with E-state index in [9.17, 15) is 9.59 Å². The lowest BCUT2D eigenvalue weighted by Gasteiger charge is -2.25. The van der Waals surface area contributed by atoms with Gasteiger partial charge in [0.2, 0.25) is 5.91 Å². The summed E-state index contributed by atoms with van der Waals surface area (Å²) in [6.45, 7) is 2.01. The summed E-state index contributed by atoms with van der Waals surface area (Å²) in [7, 11) is 0. The Morgan fingerprint density at radius 2 is 1.86 bits per heavy atom. The SMILES string of the molecule is Cc1cccc(N2C(=O)CS[C@@H]2c2cccc(NC(=O)c3cccc(Cl)c3)c2)c1. The first-order chi connectivity index (χ1) is 14.0. The first kappa shape index (κ1) is 19.6. The first-order valence-corrected chi connectivity index (χ1v) is 10.6. The summed E-state index contributed by atoms with van der Waals surface area (Å²) in [6.07, 6.45) is 0. The number of benzene rings is 3. The molecule has 1 N–H and O–H groups in total. The van der Waals surface area contributed by atoms with Gasteiger partial charge in [-0.2, -0.15) is 0 Å². The zero-order chi connectivity index (χ0) is 20.4. The smallest absolute Gasteiger partial charge is 0.255 e. The molecular formula is C23H19ClN2O2S. The highest BCUT2D eigenvalue weighted by molar-refractivity contribution is 8.00. The molecule has 1 heterocycles. The molecule has 0 bridgehead atoms. The summed E-state index contributed by atoms with van der Waals surface area (Å²) in [5.41, 5.74) is 4.13. The number of thioether (sulfide) groups is 1. The average molecular weight is 423 g/mol. The van der Waals surface area contributed by atoms with E-state index in [0.717, 1.165) is 16.8 Å². The summed E-state index contributed by atoms with van der Waals surface area (Å²) in [5, 5.41) is 3.30. The van der Waals surface area contributed by atoms with Crippen molar-refractivity contribution in [1.29, 1.82) is 0 Å². The van der Waals surface area contributed by atoms with Gasteiger partial charge in [0.05, 0.1) is 5.75 Å². The number of hydrogen-bond acceptors (Lipinski definition) is 3. The third-order valence-corrected chi connectivity index (χ3v) is 6.11. The van der Waals surface area contributed by atoms with E-state index in [0.29, 0.717) is 22.0 Å². The number of nitrogens with one attached hydrogen (secondary N) is 1. The second kappa shape index (κ2) is 8.31. The maximum atomic E-state index is 12.6. The first-order valence-electron chi connectivity index (χ1n) is 9.18. The van der Waals surface area contributed by atoms with Gasteiger partial charge in [0, 0.05) is 22.0 Å². The predicted octanol–water partition coefficient (Wildman–Crippen LogP) is 5.68. The highest BCUT2D eigenvalue weighted by atomic mass is 35.5. The largest absolute Gasteiger partial charge is 0.322 e. The molecule has 6 heteroatoms. The summed E-state index contributed by atoms with van der Waals surface area (Å²) in [6, 6.07) is 22.4. The third-order valence-electron chi connectivity index (χ3n) is 4.66. The lowest BCUT2D eigenvalue weighted by Crippen LogP contribution is -2.27. The second-order valence-corrected chi connectivity index (χ2v) is 8.36. The van der Waals surface area contributed by atoms with Crippen LogP contribution in [0.3, 0.4) is 0 Å². The van der Waals surface area contributed by atoms with Gasteiger partial charge in [-0.05, 0) is 60.5 Å². The Morgan fingerprint density at radius 1 is 1.07 bits per heavy atom. The fourth-order valence-corrected chi connectivity index (χ4v) is 4.69. The predicted molar refractivity (Wildman–Crippen MR) is 120 cm³/mol. The minimum atomic E-state index is -0.227. The van der Waals surface area contributed by atoms with Gasteiger partial charge in [-0.1, -0.05) is 41.9 Å². The monoisotopic (exact) mass is 422 g/mol. The average Bonchev–Trinajstić information content (AvgIpc) is 3.10. The topological polar surface area (TPSA) is 49.4 Å². The number of nitrogens with zero attached hydrogens (tertiary/aromatic N) is 1. The molecule has 1 fully saturated rings. The van der Waals surface area contributed by atoms with Crippen LogP contribution in [0.15, 0.2) is 72.8 Å². The van der Waals surface area contributed by atoms with Crippen LogP contribution in [-0.2, 0) is 4.79 Å². The van der Waals surface area contributed by atoms with Crippen molar-refractivity contribution in [3.8, 4) is 0 Å². The van der Waals surface area contributed by atoms with Gasteiger partial charge in [-0.25, -0.2) is 0 Å². The van der Waals surface area contributed by atoms with Crippen LogP contribution >= 0.6 is 23.4 Å². The fourth-order valence-electron chi connectivity index (χ4n) is 3.33. The highest BCUT2D eigenvalue weighted by Crippen LogP contribution is 2.42. The molecule has 146 valence electrons. The van der Waals surface area contributed by atoms with Gasteiger partial charge in [0.1, 0.15) is 5.37 Å². The van der Waals surface area contributed by atoms with Gasteiger partial charge in [0.15, 0.2) is 0 Å². The van der Waals surface area contributed by atoms with Crippen molar-refractivity contribution in [3.63, 3.8) is 0 Å². The van der Waals surface area contributed by atoms with Crippen LogP contribution < -0.4 is 10.2 Å². The van der Waals surface area contributed by atoms with E-state index in [1.165, 1.54) is 0 Å². The number of halogens is 1. The lowest BCUT2D eigenvalue weighted by molar-refractivity contribution is -0.115. The Bertz CT molecular complexity index is 1090. The molecular weight excluding hydrogens is 404 g/mol. The van der Waals surface area contributed by atoms with Crippen molar-refractivity contribution in [2.75, 3.05) is 16.0 Å². The quantitative estimate of drug-likeness (QED) is 0.588. The Hall–Kier alpha value is -2.76. The molecule has 0 spiro atoms. The van der Waals surface area contributed by atoms with E-state index < -0.39 is 0 Å². The van der Waals surface area contributed by atoms with Gasteiger partial charge >= 0.3 is 0 Å². The number of carbonyl (C=O) groups is 2. The summed E-state index contributed by atoms with van der Waals surface area (Å²) < 4.78 is 0. The van der Waals surface area contributed by atoms with E-state index in [1.807, 2.05) is 60.4 Å². The number of amides is 2. The molecule has 3 aromatic rings. The Balaban J connectivity index is 1.59. The zero-order valence-corrected chi connectivity index (χ0v) is 17.3. The lowest BCUT2D eigenvalue weighted by atomic mass is 10.1. The molecule has 0 radical (unpaired) electrons. The number of carbonyl (C=O) groups excluding carboxylic acids is 2. The summed E-state index contributed by atoms with van der Waals surface area (Å²) in [4.78, 5) is 26.9. The van der Waals surface area contributed by atoms with Crippen LogP contribution in [0, 0.1) is 6.92 Å². The van der Waals surface area contributed by atoms with Crippen molar-refractivity contribution in [3.05, 3.63) is 94.5 Å². The Kier molecular flexibility index (Phi) is 5.60. The summed E-state index contributed by atoms with van der Waals surface area (Å²) >= 11 is 7.57. The Labute approximate surface area is 178 Å². The van der Waals surface area contributed by atoms with Gasteiger partial charge in [0.25, 0.3) is 5.91 Å². The number of anilines is 2. The minimum absolute atomic E-state index is 0.0824. The van der Waals surface area contributed by atoms with Crippen LogP contribution in [0.1, 0.15) is 26.9 Å². The zero-order valence-electron chi connectivity index (χ0n) is 15.8. The van der Waals surface area contributed by atoms with Crippen LogP contribution in [0.2, 0.25) is 5.02 Å². The normalized spacial score (nSPS) is 16.1. The van der Waals surface area contributed by atoms with Crippen molar-refractivity contribution < 1.29 is 9.59 Å². The maximum Gasteiger partial charge on any atom is 0.255 e. The molecule has 0 unspecified atom stereocenters. The molecule has 1 atom stereocenters. The van der Waals surface area contributed by atoms with Crippen molar-refractivity contribution in [2.24, 2.45) is 0 Å². The van der Waals surface area contributed by atoms with Crippen LogP contribution in [-0.4, -0.2) is 17.6 Å². The highest BCUT2D eigenvalue weighted by Gasteiger charge is 2.34. The summed E-state index contributed by atoms with van der Waals surface area (Å²) in [5.74, 6) is 0.284. The third kappa shape index (κ3) is 4.31. The molecule has 29 heavy (non-hydrogen) atoms. The molecule has 4 nitrogen and oxygen atoms in total. The van der Waals surface area contributed by atoms with E-state index in [2.05, 4.69) is 5.32 Å². The fraction of sp³-hybridized carbons (Fsp3) is 0.130. The van der Waals surface area contributed by atoms with Crippen molar-refractivity contribution in [1.82, 2.24) is 0 Å². The van der Waals surface area contributed by atoms with Gasteiger partial charge < -0.3 is 5.32 Å². The Morgan fingerprint density at radius 3 is 2.66 bits per heavy atom. The molecule has 4 rings (SSSR count). The molecule has 1 saturated heterocycles. The maximum absolute atomic E-state index is 12.6. The standard InChI is InChI=1S/C23H19ClN2O2S/c1-15-5-2-10-20(11-15)26-21(27)14-29-23(26)17-7-4-9-19(13-17)25-22(28)16-6-3-8-18(24)12-16/h2-13,23H,14H2,1H3,(H,25,28)/t23-/m1/s1. The van der Waals surface area contributed by atoms with Crippen LogP contribution in [0.4, 0.5) is 11.4 Å². The van der Waals surface area contributed by atoms with Crippen LogP contribution in [0.25, 0.3) is 0 Å². The van der Waals surface area contributed by atoms with Crippen molar-refractivity contribution in [2.45, 2.75) is 12.3 Å². The van der Waals surface area contributed by atoms with E-state index in [4.69, 9.17) is 11.6 Å². The van der Waals surface area contributed by atoms with Gasteiger partial charge in [-0.15, -0.1) is 11.8 Å². The minimum Gasteiger partial charge on any atom is -0.322 e. The van der Waals surface area contributed by atoms with Gasteiger partial charge in [-0.3, -0.25) is 14.5 Å². The van der Waals surface area contributed by atoms with E-state index in [1.54, 1.807) is 36.0 Å². The second-order valence-electron chi connectivity index (χ2n) is 6.86. The van der Waals surface area contributed by atoms with Crippen molar-refractivity contribution >= 4 is 46.6 Å². The number of rotatable bonds is 4. The molecule has 0 aliphatic carbocycles. The van der Waals surface area contributed by atoms with Crippen LogP contribution in [0.5, 0.6) is 0 Å². The number of hydrogen-bond donors (Lipinski definition) is 1. The molecule has 1 aliphatic rings. The molecule has 0 saturated carbocycles. The van der Waals surface area contributed by atoms with E-state index >= 15 is 0 Å². The molecule has 0 aromatic heterocycles.